The lowest BCUT2D eigenvalue weighted by atomic mass is 10.1. The van der Waals surface area contributed by atoms with Crippen molar-refractivity contribution in [1.82, 2.24) is 9.78 Å². The molecule has 2 aliphatic rings. The minimum Gasteiger partial charge on any atom is -0.319 e. The molecule has 160 valence electrons. The van der Waals surface area contributed by atoms with Gasteiger partial charge in [-0.15, -0.1) is 0 Å². The normalized spacial score (nSPS) is 17.6. The van der Waals surface area contributed by atoms with Crippen LogP contribution in [0.25, 0.3) is 0 Å². The highest BCUT2D eigenvalue weighted by Gasteiger charge is 2.34. The first-order chi connectivity index (χ1) is 15.5. The van der Waals surface area contributed by atoms with Crippen molar-refractivity contribution in [2.45, 2.75) is 38.8 Å². The number of nitriles is 1. The van der Waals surface area contributed by atoms with Crippen LogP contribution in [-0.4, -0.2) is 27.6 Å². The molecule has 3 aromatic rings. The summed E-state index contributed by atoms with van der Waals surface area (Å²) in [7, 11) is 0. The monoisotopic (exact) mass is 425 g/mol. The van der Waals surface area contributed by atoms with E-state index in [2.05, 4.69) is 22.5 Å². The highest BCUT2D eigenvalue weighted by Crippen LogP contribution is 2.34. The number of rotatable bonds is 5. The van der Waals surface area contributed by atoms with E-state index in [1.165, 1.54) is 30.7 Å². The molecule has 2 amide bonds. The van der Waals surface area contributed by atoms with Crippen LogP contribution in [0.15, 0.2) is 54.7 Å². The smallest absolute Gasteiger partial charge is 0.279 e. The average Bonchev–Trinajstić information content (AvgIpc) is 3.53. The largest absolute Gasteiger partial charge is 0.319 e. The van der Waals surface area contributed by atoms with Crippen LogP contribution in [-0.2, 0) is 13.0 Å². The number of benzene rings is 2. The quantitative estimate of drug-likeness (QED) is 0.669. The summed E-state index contributed by atoms with van der Waals surface area (Å²) in [4.78, 5) is 28.0. The summed E-state index contributed by atoms with van der Waals surface area (Å²) in [5.41, 5.74) is 3.61. The van der Waals surface area contributed by atoms with Crippen LogP contribution in [0.3, 0.4) is 0 Å². The second-order valence-electron chi connectivity index (χ2n) is 8.57. The number of carbonyl (C=O) groups is 2. The van der Waals surface area contributed by atoms with Gasteiger partial charge in [-0.1, -0.05) is 18.2 Å². The fourth-order valence-corrected chi connectivity index (χ4v) is 4.23. The molecule has 1 N–H and O–H groups in total. The number of amides is 2. The highest BCUT2D eigenvalue weighted by atomic mass is 16.2. The van der Waals surface area contributed by atoms with E-state index in [0.29, 0.717) is 29.1 Å². The highest BCUT2D eigenvalue weighted by molar-refractivity contribution is 6.13. The van der Waals surface area contributed by atoms with Gasteiger partial charge in [0, 0.05) is 11.3 Å². The van der Waals surface area contributed by atoms with E-state index in [0.717, 1.165) is 18.0 Å². The summed E-state index contributed by atoms with van der Waals surface area (Å²) >= 11 is 0. The number of nitrogens with one attached hydrogen (secondary N) is 1. The van der Waals surface area contributed by atoms with E-state index in [1.54, 1.807) is 27.8 Å². The van der Waals surface area contributed by atoms with Gasteiger partial charge >= 0.3 is 0 Å². The van der Waals surface area contributed by atoms with Crippen molar-refractivity contribution >= 4 is 23.2 Å². The molecule has 0 saturated heterocycles. The molecule has 2 aromatic carbocycles. The maximum Gasteiger partial charge on any atom is 0.279 e. The Kier molecular flexibility index (Phi) is 4.98. The van der Waals surface area contributed by atoms with Gasteiger partial charge in [0.25, 0.3) is 11.8 Å². The summed E-state index contributed by atoms with van der Waals surface area (Å²) < 4.78 is 1.65. The van der Waals surface area contributed by atoms with Gasteiger partial charge in [-0.25, -0.2) is 0 Å². The van der Waals surface area contributed by atoms with Crippen molar-refractivity contribution in [3.63, 3.8) is 0 Å². The molecule has 1 aliphatic heterocycles. The van der Waals surface area contributed by atoms with Crippen LogP contribution in [0.4, 0.5) is 11.4 Å². The van der Waals surface area contributed by atoms with Crippen LogP contribution in [0.1, 0.15) is 51.7 Å². The number of hydrogen-bond donors (Lipinski definition) is 1. The first-order valence-electron chi connectivity index (χ1n) is 10.8. The van der Waals surface area contributed by atoms with E-state index in [4.69, 9.17) is 5.26 Å². The summed E-state index contributed by atoms with van der Waals surface area (Å²) in [6, 6.07) is 16.6. The van der Waals surface area contributed by atoms with Gasteiger partial charge < -0.3 is 10.2 Å². The number of carbonyl (C=O) groups excluding carboxylic acids is 2. The Balaban J connectivity index is 1.39. The summed E-state index contributed by atoms with van der Waals surface area (Å²) in [5, 5.41) is 16.2. The van der Waals surface area contributed by atoms with Crippen molar-refractivity contribution in [2.24, 2.45) is 5.92 Å². The molecule has 1 fully saturated rings. The third-order valence-electron chi connectivity index (χ3n) is 6.08. The van der Waals surface area contributed by atoms with E-state index < -0.39 is 0 Å². The van der Waals surface area contributed by atoms with Gasteiger partial charge in [0.15, 0.2) is 0 Å². The minimum absolute atomic E-state index is 0.0694. The lowest BCUT2D eigenvalue weighted by Gasteiger charge is -2.34. The lowest BCUT2D eigenvalue weighted by Crippen LogP contribution is -2.47. The minimum atomic E-state index is -0.389. The van der Waals surface area contributed by atoms with Crippen LogP contribution >= 0.6 is 0 Å². The summed E-state index contributed by atoms with van der Waals surface area (Å²) in [6.07, 6.45) is 5.22. The van der Waals surface area contributed by atoms with Crippen LogP contribution in [0.5, 0.6) is 0 Å². The van der Waals surface area contributed by atoms with Gasteiger partial charge in [-0.3, -0.25) is 14.3 Å². The third-order valence-corrected chi connectivity index (χ3v) is 6.08. The molecule has 0 spiro atoms. The number of hydrogen-bond acceptors (Lipinski definition) is 4. The Morgan fingerprint density at radius 1 is 1.22 bits per heavy atom. The molecular weight excluding hydrogens is 402 g/mol. The summed E-state index contributed by atoms with van der Waals surface area (Å²) in [6.45, 7) is 2.52. The third kappa shape index (κ3) is 3.76. The van der Waals surface area contributed by atoms with Gasteiger partial charge in [0.1, 0.15) is 5.69 Å². The van der Waals surface area contributed by atoms with E-state index in [9.17, 15) is 9.59 Å². The number of fused-ring (bicyclic) bond motifs is 1. The van der Waals surface area contributed by atoms with Gasteiger partial charge in [-0.2, -0.15) is 10.4 Å². The number of aromatic nitrogens is 2. The van der Waals surface area contributed by atoms with Crippen molar-refractivity contribution in [2.75, 3.05) is 10.2 Å². The molecule has 7 heteroatoms. The average molecular weight is 425 g/mol. The maximum atomic E-state index is 13.5. The topological polar surface area (TPSA) is 91.0 Å². The van der Waals surface area contributed by atoms with Crippen LogP contribution in [0, 0.1) is 17.2 Å². The van der Waals surface area contributed by atoms with Crippen LogP contribution in [0.2, 0.25) is 0 Å². The molecule has 7 nitrogen and oxygen atoms in total. The Morgan fingerprint density at radius 2 is 2.00 bits per heavy atom. The maximum absolute atomic E-state index is 13.5. The second-order valence-corrected chi connectivity index (χ2v) is 8.57. The zero-order valence-corrected chi connectivity index (χ0v) is 17.8. The van der Waals surface area contributed by atoms with Crippen molar-refractivity contribution in [3.8, 4) is 6.07 Å². The molecular formula is C25H23N5O2. The first kappa shape index (κ1) is 20.0. The van der Waals surface area contributed by atoms with Crippen molar-refractivity contribution in [3.05, 3.63) is 77.1 Å². The molecule has 5 rings (SSSR count). The fraction of sp³-hybridized carbons (Fsp3) is 0.280. The van der Waals surface area contributed by atoms with Gasteiger partial charge in [-0.05, 0) is 68.0 Å². The van der Waals surface area contributed by atoms with Gasteiger partial charge in [0.2, 0.25) is 0 Å². The molecule has 0 unspecified atom stereocenters. The zero-order valence-electron chi connectivity index (χ0n) is 17.8. The van der Waals surface area contributed by atoms with Gasteiger partial charge in [0.05, 0.1) is 36.1 Å². The van der Waals surface area contributed by atoms with E-state index >= 15 is 0 Å². The van der Waals surface area contributed by atoms with E-state index in [-0.39, 0.29) is 17.9 Å². The fourth-order valence-electron chi connectivity index (χ4n) is 4.23. The Bertz CT molecular complexity index is 1230. The first-order valence-corrected chi connectivity index (χ1v) is 10.8. The standard InChI is InChI=1S/C25H23N5O2/c1-16-15-29-23(22(14-27-29)28-24(31)20-4-2-3-19(12-20)13-26)25(32)30(16)21-9-7-18(8-10-21)11-17-5-6-17/h2-4,7-10,12,14,16-17H,5-6,11,15H2,1H3,(H,28,31)/t16-/m0/s1. The number of anilines is 2. The Morgan fingerprint density at radius 3 is 2.72 bits per heavy atom. The predicted molar refractivity (Wildman–Crippen MR) is 120 cm³/mol. The Hall–Kier alpha value is -3.92. The second kappa shape index (κ2) is 7.97. The SMILES string of the molecule is C[C@H]1Cn2ncc(NC(=O)c3cccc(C#N)c3)c2C(=O)N1c1ccc(CC2CC2)cc1. The molecule has 1 aromatic heterocycles. The van der Waals surface area contributed by atoms with Crippen molar-refractivity contribution < 1.29 is 9.59 Å². The molecule has 0 radical (unpaired) electrons. The number of nitrogens with zero attached hydrogens (tertiary/aromatic N) is 4. The molecule has 1 saturated carbocycles. The molecule has 2 heterocycles. The molecule has 0 bridgehead atoms. The molecule has 32 heavy (non-hydrogen) atoms. The van der Waals surface area contributed by atoms with Crippen LogP contribution < -0.4 is 10.2 Å². The van der Waals surface area contributed by atoms with Crippen molar-refractivity contribution in [1.29, 1.82) is 5.26 Å². The zero-order chi connectivity index (χ0) is 22.2. The predicted octanol–water partition coefficient (Wildman–Crippen LogP) is 4.01. The summed E-state index contributed by atoms with van der Waals surface area (Å²) in [5.74, 6) is 0.225. The lowest BCUT2D eigenvalue weighted by molar-refractivity contribution is 0.0948. The Labute approximate surface area is 186 Å². The molecule has 1 aliphatic carbocycles. The molecule has 1 atom stereocenters. The van der Waals surface area contributed by atoms with E-state index in [1.807, 2.05) is 25.1 Å².